The Labute approximate surface area is 126 Å². The summed E-state index contributed by atoms with van der Waals surface area (Å²) in [5.41, 5.74) is 6.43. The molecule has 1 aromatic heterocycles. The molecule has 0 atom stereocenters. The van der Waals surface area contributed by atoms with E-state index >= 15 is 0 Å². The number of nitro benzene ring substituents is 1. The van der Waals surface area contributed by atoms with Gasteiger partial charge in [0.2, 0.25) is 5.95 Å². The number of nitrogens with zero attached hydrogens (tertiary/aromatic N) is 3. The number of nitrogens with one attached hydrogen (secondary N) is 1. The molecule has 0 saturated heterocycles. The van der Waals surface area contributed by atoms with Crippen LogP contribution in [0.4, 0.5) is 11.6 Å². The van der Waals surface area contributed by atoms with E-state index in [2.05, 4.69) is 15.3 Å². The molecular weight excluding hydrogens is 286 g/mol. The van der Waals surface area contributed by atoms with E-state index in [9.17, 15) is 14.9 Å². The van der Waals surface area contributed by atoms with Gasteiger partial charge >= 0.3 is 0 Å². The van der Waals surface area contributed by atoms with Crippen LogP contribution in [-0.4, -0.2) is 27.3 Å². The summed E-state index contributed by atoms with van der Waals surface area (Å²) in [7, 11) is 0. The number of hydrogen-bond donors (Lipinski definition) is 2. The number of nitro groups is 1. The second kappa shape index (κ2) is 6.17. The van der Waals surface area contributed by atoms with Crippen LogP contribution in [-0.2, 0) is 0 Å². The lowest BCUT2D eigenvalue weighted by atomic mass is 10.0. The molecule has 8 heteroatoms. The summed E-state index contributed by atoms with van der Waals surface area (Å²) in [5, 5.41) is 13.9. The van der Waals surface area contributed by atoms with Crippen LogP contribution in [0.5, 0.6) is 0 Å². The Morgan fingerprint density at radius 1 is 1.36 bits per heavy atom. The van der Waals surface area contributed by atoms with Gasteiger partial charge in [-0.15, -0.1) is 0 Å². The summed E-state index contributed by atoms with van der Waals surface area (Å²) in [6.07, 6.45) is 0. The van der Waals surface area contributed by atoms with Crippen LogP contribution in [0.15, 0.2) is 24.3 Å². The van der Waals surface area contributed by atoms with Gasteiger partial charge < -0.3 is 11.1 Å². The fourth-order valence-corrected chi connectivity index (χ4v) is 2.14. The molecule has 0 unspecified atom stereocenters. The van der Waals surface area contributed by atoms with Crippen LogP contribution in [0.2, 0.25) is 0 Å². The zero-order chi connectivity index (χ0) is 16.3. The molecule has 114 valence electrons. The largest absolute Gasteiger partial charge is 0.368 e. The lowest BCUT2D eigenvalue weighted by molar-refractivity contribution is -0.384. The van der Waals surface area contributed by atoms with Gasteiger partial charge in [-0.05, 0) is 19.9 Å². The van der Waals surface area contributed by atoms with Gasteiger partial charge in [-0.3, -0.25) is 14.9 Å². The number of benzene rings is 1. The lowest BCUT2D eigenvalue weighted by Crippen LogP contribution is -2.25. The van der Waals surface area contributed by atoms with E-state index in [1.165, 1.54) is 12.1 Å². The number of amides is 1. The van der Waals surface area contributed by atoms with Crippen LogP contribution in [0.25, 0.3) is 11.3 Å². The average Bonchev–Trinajstić information content (AvgIpc) is 2.46. The molecule has 22 heavy (non-hydrogen) atoms. The molecule has 0 aliphatic carbocycles. The molecule has 2 aromatic rings. The molecule has 0 radical (unpaired) electrons. The van der Waals surface area contributed by atoms with Crippen molar-refractivity contribution in [3.05, 3.63) is 45.6 Å². The minimum absolute atomic E-state index is 0.0429. The Morgan fingerprint density at radius 3 is 2.68 bits per heavy atom. The second-order valence-electron chi connectivity index (χ2n) is 4.52. The van der Waals surface area contributed by atoms with Crippen molar-refractivity contribution >= 4 is 17.5 Å². The van der Waals surface area contributed by atoms with Crippen molar-refractivity contribution in [3.63, 3.8) is 0 Å². The first-order valence-electron chi connectivity index (χ1n) is 6.61. The molecule has 1 heterocycles. The Kier molecular flexibility index (Phi) is 4.31. The number of nitrogens with two attached hydrogens (primary N) is 1. The molecule has 0 fully saturated rings. The predicted molar refractivity (Wildman–Crippen MR) is 81.3 cm³/mol. The summed E-state index contributed by atoms with van der Waals surface area (Å²) in [6, 6.07) is 6.06. The minimum Gasteiger partial charge on any atom is -0.368 e. The smallest absolute Gasteiger partial charge is 0.278 e. The SMILES string of the molecule is CCNC(=O)c1c(C)nc(N)nc1-c1ccccc1[N+](=O)[O-]. The molecule has 0 bridgehead atoms. The van der Waals surface area contributed by atoms with E-state index in [1.54, 1.807) is 26.0 Å². The summed E-state index contributed by atoms with van der Waals surface area (Å²) in [6.45, 7) is 3.80. The molecule has 3 N–H and O–H groups in total. The number of aromatic nitrogens is 2. The first kappa shape index (κ1) is 15.4. The van der Waals surface area contributed by atoms with E-state index in [-0.39, 0.29) is 28.5 Å². The molecule has 8 nitrogen and oxygen atoms in total. The molecule has 1 aromatic carbocycles. The summed E-state index contributed by atoms with van der Waals surface area (Å²) < 4.78 is 0. The van der Waals surface area contributed by atoms with Crippen molar-refractivity contribution in [1.29, 1.82) is 0 Å². The van der Waals surface area contributed by atoms with E-state index in [4.69, 9.17) is 5.73 Å². The van der Waals surface area contributed by atoms with Crippen LogP contribution >= 0.6 is 0 Å². The van der Waals surface area contributed by atoms with Gasteiger partial charge in [-0.1, -0.05) is 12.1 Å². The monoisotopic (exact) mass is 301 g/mol. The first-order valence-corrected chi connectivity index (χ1v) is 6.61. The normalized spacial score (nSPS) is 10.3. The standard InChI is InChI=1S/C14H15N5O3/c1-3-16-13(20)11-8(2)17-14(15)18-12(11)9-6-4-5-7-10(9)19(21)22/h4-7H,3H2,1-2H3,(H,16,20)(H2,15,17,18). The molecule has 0 aliphatic rings. The highest BCUT2D eigenvalue weighted by Crippen LogP contribution is 2.31. The minimum atomic E-state index is -0.523. The van der Waals surface area contributed by atoms with Crippen LogP contribution in [0, 0.1) is 17.0 Å². The Morgan fingerprint density at radius 2 is 2.05 bits per heavy atom. The van der Waals surface area contributed by atoms with E-state index in [0.29, 0.717) is 12.2 Å². The molecule has 0 aliphatic heterocycles. The van der Waals surface area contributed by atoms with Gasteiger partial charge in [-0.25, -0.2) is 9.97 Å². The number of carbonyl (C=O) groups excluding carboxylic acids is 1. The maximum absolute atomic E-state index is 12.3. The number of anilines is 1. The van der Waals surface area contributed by atoms with E-state index in [1.807, 2.05) is 0 Å². The average molecular weight is 301 g/mol. The zero-order valence-corrected chi connectivity index (χ0v) is 12.2. The Bertz CT molecular complexity index is 745. The van der Waals surface area contributed by atoms with Gasteiger partial charge in [0.1, 0.15) is 0 Å². The van der Waals surface area contributed by atoms with Crippen molar-refractivity contribution in [1.82, 2.24) is 15.3 Å². The predicted octanol–water partition coefficient (Wildman–Crippen LogP) is 1.69. The summed E-state index contributed by atoms with van der Waals surface area (Å²) >= 11 is 0. The lowest BCUT2D eigenvalue weighted by Gasteiger charge is -2.12. The van der Waals surface area contributed by atoms with Gasteiger partial charge in [0.15, 0.2) is 0 Å². The van der Waals surface area contributed by atoms with Crippen LogP contribution < -0.4 is 11.1 Å². The highest BCUT2D eigenvalue weighted by Gasteiger charge is 2.24. The van der Waals surface area contributed by atoms with Gasteiger partial charge in [0.25, 0.3) is 11.6 Å². The van der Waals surface area contributed by atoms with E-state index in [0.717, 1.165) is 0 Å². The van der Waals surface area contributed by atoms with Crippen molar-refractivity contribution in [3.8, 4) is 11.3 Å². The molecular formula is C14H15N5O3. The zero-order valence-electron chi connectivity index (χ0n) is 12.2. The highest BCUT2D eigenvalue weighted by atomic mass is 16.6. The third kappa shape index (κ3) is 2.85. The third-order valence-corrected chi connectivity index (χ3v) is 3.03. The van der Waals surface area contributed by atoms with Crippen molar-refractivity contribution in [2.75, 3.05) is 12.3 Å². The summed E-state index contributed by atoms with van der Waals surface area (Å²) in [4.78, 5) is 31.0. The Hall–Kier alpha value is -3.03. The Balaban J connectivity index is 2.75. The quantitative estimate of drug-likeness (QED) is 0.654. The van der Waals surface area contributed by atoms with Crippen molar-refractivity contribution in [2.45, 2.75) is 13.8 Å². The maximum atomic E-state index is 12.3. The number of hydrogen-bond acceptors (Lipinski definition) is 6. The first-order chi connectivity index (χ1) is 10.5. The van der Waals surface area contributed by atoms with Crippen molar-refractivity contribution in [2.24, 2.45) is 0 Å². The number of nitrogen functional groups attached to an aromatic ring is 1. The number of aryl methyl sites for hydroxylation is 1. The summed E-state index contributed by atoms with van der Waals surface area (Å²) in [5.74, 6) is -0.438. The molecule has 2 rings (SSSR count). The fraction of sp³-hybridized carbons (Fsp3) is 0.214. The number of carbonyl (C=O) groups is 1. The van der Waals surface area contributed by atoms with Gasteiger partial charge in [-0.2, -0.15) is 0 Å². The molecule has 0 spiro atoms. The molecule has 0 saturated carbocycles. The fourth-order valence-electron chi connectivity index (χ4n) is 2.14. The van der Waals surface area contributed by atoms with E-state index < -0.39 is 10.8 Å². The third-order valence-electron chi connectivity index (χ3n) is 3.03. The van der Waals surface area contributed by atoms with Crippen LogP contribution in [0.1, 0.15) is 23.0 Å². The van der Waals surface area contributed by atoms with Crippen LogP contribution in [0.3, 0.4) is 0 Å². The second-order valence-corrected chi connectivity index (χ2v) is 4.52. The van der Waals surface area contributed by atoms with Gasteiger partial charge in [0.05, 0.1) is 27.4 Å². The number of para-hydroxylation sites is 1. The van der Waals surface area contributed by atoms with Crippen molar-refractivity contribution < 1.29 is 9.72 Å². The number of rotatable bonds is 4. The van der Waals surface area contributed by atoms with Gasteiger partial charge in [0, 0.05) is 12.6 Å². The topological polar surface area (TPSA) is 124 Å². The highest BCUT2D eigenvalue weighted by molar-refractivity contribution is 6.01. The molecule has 1 amide bonds. The maximum Gasteiger partial charge on any atom is 0.278 e.